The van der Waals surface area contributed by atoms with Crippen LogP contribution in [0.3, 0.4) is 0 Å². The van der Waals surface area contributed by atoms with Crippen LogP contribution in [-0.2, 0) is 7.05 Å². The predicted molar refractivity (Wildman–Crippen MR) is 50.4 cm³/mol. The molecule has 0 aliphatic carbocycles. The van der Waals surface area contributed by atoms with E-state index in [1.165, 1.54) is 0 Å². The first kappa shape index (κ1) is 8.16. The topological polar surface area (TPSA) is 43.6 Å². The molecule has 0 spiro atoms. The van der Waals surface area contributed by atoms with Gasteiger partial charge in [0.25, 0.3) is 0 Å². The molecule has 4 nitrogen and oxygen atoms in total. The van der Waals surface area contributed by atoms with Crippen molar-refractivity contribution >= 4 is 11.2 Å². The molecule has 0 N–H and O–H groups in total. The molecule has 0 aromatic carbocycles. The Morgan fingerprint density at radius 2 is 2.08 bits per heavy atom. The third kappa shape index (κ3) is 1.28. The van der Waals surface area contributed by atoms with E-state index in [2.05, 4.69) is 28.8 Å². The molecule has 0 fully saturated rings. The number of aromatic nitrogens is 4. The van der Waals surface area contributed by atoms with Crippen molar-refractivity contribution in [3.8, 4) is 0 Å². The van der Waals surface area contributed by atoms with Gasteiger partial charge in [-0.1, -0.05) is 13.8 Å². The highest BCUT2D eigenvalue weighted by Crippen LogP contribution is 2.12. The molecule has 0 aliphatic rings. The number of hydrogen-bond donors (Lipinski definition) is 0. The summed E-state index contributed by atoms with van der Waals surface area (Å²) in [6, 6.07) is 0. The predicted octanol–water partition coefficient (Wildman–Crippen LogP) is 1.49. The largest absolute Gasteiger partial charge is 0.331 e. The lowest BCUT2D eigenvalue weighted by atomic mass is 10.2. The molecule has 13 heavy (non-hydrogen) atoms. The molecule has 2 rings (SSSR count). The van der Waals surface area contributed by atoms with E-state index in [0.717, 1.165) is 17.0 Å². The van der Waals surface area contributed by atoms with Crippen LogP contribution in [0.4, 0.5) is 0 Å². The lowest BCUT2D eigenvalue weighted by Crippen LogP contribution is -1.97. The maximum Gasteiger partial charge on any atom is 0.181 e. The summed E-state index contributed by atoms with van der Waals surface area (Å²) in [5.41, 5.74) is 1.76. The molecular formula is C9H12N4. The van der Waals surface area contributed by atoms with E-state index in [0.29, 0.717) is 5.92 Å². The van der Waals surface area contributed by atoms with Crippen LogP contribution < -0.4 is 0 Å². The van der Waals surface area contributed by atoms with E-state index in [4.69, 9.17) is 0 Å². The van der Waals surface area contributed by atoms with Crippen LogP contribution in [0, 0.1) is 0 Å². The normalized spacial score (nSPS) is 11.4. The van der Waals surface area contributed by atoms with Crippen LogP contribution in [0.25, 0.3) is 11.2 Å². The van der Waals surface area contributed by atoms with E-state index >= 15 is 0 Å². The molecule has 0 amide bonds. The van der Waals surface area contributed by atoms with Crippen molar-refractivity contribution in [2.75, 3.05) is 0 Å². The zero-order valence-corrected chi connectivity index (χ0v) is 8.02. The van der Waals surface area contributed by atoms with E-state index < -0.39 is 0 Å². The number of hydrogen-bond acceptors (Lipinski definition) is 3. The molecule has 2 aromatic heterocycles. The lowest BCUT2D eigenvalue weighted by molar-refractivity contribution is 0.780. The van der Waals surface area contributed by atoms with Crippen LogP contribution in [0.15, 0.2) is 12.5 Å². The van der Waals surface area contributed by atoms with Crippen LogP contribution in [-0.4, -0.2) is 19.5 Å². The minimum atomic E-state index is 0.353. The Morgan fingerprint density at radius 3 is 2.77 bits per heavy atom. The minimum Gasteiger partial charge on any atom is -0.331 e. The molecule has 0 saturated heterocycles. The van der Waals surface area contributed by atoms with Gasteiger partial charge in [0.1, 0.15) is 11.3 Å². The van der Waals surface area contributed by atoms with E-state index in [1.54, 1.807) is 6.33 Å². The Morgan fingerprint density at radius 1 is 1.31 bits per heavy atom. The molecule has 0 atom stereocenters. The van der Waals surface area contributed by atoms with Crippen molar-refractivity contribution in [2.24, 2.45) is 7.05 Å². The fourth-order valence-electron chi connectivity index (χ4n) is 1.21. The van der Waals surface area contributed by atoms with Gasteiger partial charge in [-0.25, -0.2) is 15.0 Å². The third-order valence-electron chi connectivity index (χ3n) is 2.02. The zero-order valence-electron chi connectivity index (χ0n) is 8.02. The van der Waals surface area contributed by atoms with Crippen LogP contribution in [0.5, 0.6) is 0 Å². The summed E-state index contributed by atoms with van der Waals surface area (Å²) in [6.07, 6.45) is 3.58. The highest BCUT2D eigenvalue weighted by atomic mass is 15.1. The summed E-state index contributed by atoms with van der Waals surface area (Å²) in [7, 11) is 1.94. The van der Waals surface area contributed by atoms with E-state index in [-0.39, 0.29) is 0 Å². The van der Waals surface area contributed by atoms with Crippen molar-refractivity contribution in [3.05, 3.63) is 18.3 Å². The maximum absolute atomic E-state index is 4.35. The Kier molecular flexibility index (Phi) is 1.76. The summed E-state index contributed by atoms with van der Waals surface area (Å²) >= 11 is 0. The third-order valence-corrected chi connectivity index (χ3v) is 2.02. The lowest BCUT2D eigenvalue weighted by Gasteiger charge is -2.01. The molecule has 0 saturated carbocycles. The first-order chi connectivity index (χ1) is 6.18. The molecule has 68 valence electrons. The van der Waals surface area contributed by atoms with Gasteiger partial charge in [0.05, 0.1) is 12.5 Å². The van der Waals surface area contributed by atoms with Crippen LogP contribution in [0.1, 0.15) is 25.6 Å². The van der Waals surface area contributed by atoms with Crippen molar-refractivity contribution in [3.63, 3.8) is 0 Å². The van der Waals surface area contributed by atoms with Gasteiger partial charge >= 0.3 is 0 Å². The molecule has 0 unspecified atom stereocenters. The average molecular weight is 176 g/mol. The summed E-state index contributed by atoms with van der Waals surface area (Å²) in [5, 5.41) is 0. The highest BCUT2D eigenvalue weighted by molar-refractivity contribution is 5.69. The van der Waals surface area contributed by atoms with Gasteiger partial charge < -0.3 is 4.57 Å². The molecule has 2 aromatic rings. The van der Waals surface area contributed by atoms with Gasteiger partial charge in [-0.05, 0) is 0 Å². The molecule has 0 aliphatic heterocycles. The van der Waals surface area contributed by atoms with E-state index in [1.807, 2.05) is 17.8 Å². The molecule has 0 bridgehead atoms. The standard InChI is InChI=1S/C9H12N4/c1-6(2)8-10-4-7-9(12-8)11-5-13(7)3/h4-6H,1-3H3. The number of nitrogens with zero attached hydrogens (tertiary/aromatic N) is 4. The Balaban J connectivity index is 2.63. The van der Waals surface area contributed by atoms with Crippen molar-refractivity contribution in [2.45, 2.75) is 19.8 Å². The first-order valence-electron chi connectivity index (χ1n) is 4.32. The van der Waals surface area contributed by atoms with Crippen molar-refractivity contribution in [1.29, 1.82) is 0 Å². The van der Waals surface area contributed by atoms with Gasteiger partial charge in [-0.3, -0.25) is 0 Å². The van der Waals surface area contributed by atoms with Gasteiger partial charge in [0.15, 0.2) is 5.65 Å². The average Bonchev–Trinajstić information content (AvgIpc) is 2.47. The second-order valence-electron chi connectivity index (χ2n) is 3.45. The highest BCUT2D eigenvalue weighted by Gasteiger charge is 2.06. The summed E-state index contributed by atoms with van der Waals surface area (Å²) in [5.74, 6) is 1.21. The van der Waals surface area contributed by atoms with Crippen LogP contribution >= 0.6 is 0 Å². The Hall–Kier alpha value is -1.45. The first-order valence-corrected chi connectivity index (χ1v) is 4.32. The van der Waals surface area contributed by atoms with Crippen LogP contribution in [0.2, 0.25) is 0 Å². The van der Waals surface area contributed by atoms with Gasteiger partial charge in [-0.2, -0.15) is 0 Å². The summed E-state index contributed by atoms with van der Waals surface area (Å²) in [4.78, 5) is 12.8. The number of aryl methyl sites for hydroxylation is 1. The molecular weight excluding hydrogens is 164 g/mol. The maximum atomic E-state index is 4.35. The SMILES string of the molecule is CC(C)c1ncc2c(ncn2C)n1. The molecule has 2 heterocycles. The van der Waals surface area contributed by atoms with Gasteiger partial charge in [0.2, 0.25) is 0 Å². The number of rotatable bonds is 1. The quantitative estimate of drug-likeness (QED) is 0.661. The summed E-state index contributed by atoms with van der Waals surface area (Å²) in [6.45, 7) is 4.15. The fraction of sp³-hybridized carbons (Fsp3) is 0.444. The summed E-state index contributed by atoms with van der Waals surface area (Å²) < 4.78 is 1.92. The smallest absolute Gasteiger partial charge is 0.181 e. The molecule has 4 heteroatoms. The fourth-order valence-corrected chi connectivity index (χ4v) is 1.21. The second kappa shape index (κ2) is 2.80. The minimum absolute atomic E-state index is 0.353. The van der Waals surface area contributed by atoms with Crippen molar-refractivity contribution < 1.29 is 0 Å². The van der Waals surface area contributed by atoms with Crippen molar-refractivity contribution in [1.82, 2.24) is 19.5 Å². The molecule has 0 radical (unpaired) electrons. The Labute approximate surface area is 76.7 Å². The monoisotopic (exact) mass is 176 g/mol. The van der Waals surface area contributed by atoms with E-state index in [9.17, 15) is 0 Å². The Bertz CT molecular complexity index is 430. The number of fused-ring (bicyclic) bond motifs is 1. The van der Waals surface area contributed by atoms with Gasteiger partial charge in [-0.15, -0.1) is 0 Å². The second-order valence-corrected chi connectivity index (χ2v) is 3.45. The number of imidazole rings is 1. The van der Waals surface area contributed by atoms with Gasteiger partial charge in [0, 0.05) is 13.0 Å². The zero-order chi connectivity index (χ0) is 9.42.